The lowest BCUT2D eigenvalue weighted by molar-refractivity contribution is 0.415. The highest BCUT2D eigenvalue weighted by Gasteiger charge is 2.43. The van der Waals surface area contributed by atoms with Gasteiger partial charge in [-0.25, -0.2) is 17.6 Å². The fourth-order valence-corrected chi connectivity index (χ4v) is 2.32. The van der Waals surface area contributed by atoms with Crippen molar-refractivity contribution in [1.29, 1.82) is 0 Å². The first-order chi connectivity index (χ1) is 6.04. The molecule has 1 aliphatic heterocycles. The van der Waals surface area contributed by atoms with Crippen LogP contribution in [-0.4, -0.2) is 9.71 Å². The summed E-state index contributed by atoms with van der Waals surface area (Å²) in [5, 5.41) is 0. The van der Waals surface area contributed by atoms with E-state index in [-0.39, 0.29) is 0 Å². The Morgan fingerprint density at radius 1 is 1.31 bits per heavy atom. The zero-order valence-electron chi connectivity index (χ0n) is 5.98. The molecular formula is C7H2F4OS. The summed E-state index contributed by atoms with van der Waals surface area (Å²) in [7, 11) is -2.32. The highest BCUT2D eigenvalue weighted by molar-refractivity contribution is 7.90. The van der Waals surface area contributed by atoms with Gasteiger partial charge in [0.25, 0.3) is 0 Å². The van der Waals surface area contributed by atoms with E-state index in [0.717, 1.165) is 0 Å². The predicted octanol–water partition coefficient (Wildman–Crippen LogP) is 2.32. The Morgan fingerprint density at radius 3 is 2.46 bits per heavy atom. The average molecular weight is 210 g/mol. The summed E-state index contributed by atoms with van der Waals surface area (Å²) in [4.78, 5) is -0.444. The van der Waals surface area contributed by atoms with Gasteiger partial charge in [-0.3, -0.25) is 4.21 Å². The molecule has 1 heterocycles. The minimum Gasteiger partial charge on any atom is -0.251 e. The zero-order valence-corrected chi connectivity index (χ0v) is 6.80. The van der Waals surface area contributed by atoms with Crippen LogP contribution in [0.3, 0.4) is 0 Å². The zero-order chi connectivity index (χ0) is 9.75. The van der Waals surface area contributed by atoms with Crippen LogP contribution >= 0.6 is 0 Å². The molecule has 2 atom stereocenters. The van der Waals surface area contributed by atoms with Crippen LogP contribution in [0.2, 0.25) is 0 Å². The van der Waals surface area contributed by atoms with Crippen molar-refractivity contribution in [2.24, 2.45) is 0 Å². The van der Waals surface area contributed by atoms with Gasteiger partial charge in [0, 0.05) is 0 Å². The van der Waals surface area contributed by atoms with E-state index in [4.69, 9.17) is 0 Å². The van der Waals surface area contributed by atoms with Crippen molar-refractivity contribution in [2.45, 2.75) is 5.50 Å². The van der Waals surface area contributed by atoms with E-state index in [2.05, 4.69) is 0 Å². The molecule has 13 heavy (non-hydrogen) atoms. The van der Waals surface area contributed by atoms with Crippen molar-refractivity contribution in [3.05, 3.63) is 34.0 Å². The maximum absolute atomic E-state index is 12.8. The van der Waals surface area contributed by atoms with Crippen LogP contribution < -0.4 is 0 Å². The molecule has 0 aromatic heterocycles. The molecule has 0 fully saturated rings. The van der Waals surface area contributed by atoms with Crippen molar-refractivity contribution in [3.8, 4) is 0 Å². The molecule has 0 saturated carbocycles. The summed E-state index contributed by atoms with van der Waals surface area (Å²) in [5.41, 5.74) is -3.18. The first-order valence-corrected chi connectivity index (χ1v) is 4.47. The van der Waals surface area contributed by atoms with E-state index in [1.54, 1.807) is 0 Å². The first kappa shape index (κ1) is 8.68. The molecule has 0 spiro atoms. The quantitative estimate of drug-likeness (QED) is 0.561. The van der Waals surface area contributed by atoms with Crippen molar-refractivity contribution in [3.63, 3.8) is 0 Å². The van der Waals surface area contributed by atoms with E-state index in [9.17, 15) is 21.8 Å². The average Bonchev–Trinajstić information content (AvgIpc) is 2.48. The highest BCUT2D eigenvalue weighted by atomic mass is 32.2. The Hall–Kier alpha value is -0.910. The topological polar surface area (TPSA) is 17.1 Å². The van der Waals surface area contributed by atoms with Crippen LogP contribution in [0.1, 0.15) is 0 Å². The van der Waals surface area contributed by atoms with Crippen molar-refractivity contribution in [1.82, 2.24) is 0 Å². The third kappa shape index (κ3) is 0.948. The molecule has 2 unspecified atom stereocenters. The van der Waals surface area contributed by atoms with E-state index in [1.165, 1.54) is 0 Å². The smallest absolute Gasteiger partial charge is 0.230 e. The number of alkyl halides is 1. The first-order valence-electron chi connectivity index (χ1n) is 3.26. The van der Waals surface area contributed by atoms with E-state index in [0.29, 0.717) is 6.08 Å². The molecule has 0 aromatic carbocycles. The summed E-state index contributed by atoms with van der Waals surface area (Å²) >= 11 is 0. The van der Waals surface area contributed by atoms with Gasteiger partial charge in [0.1, 0.15) is 0 Å². The monoisotopic (exact) mass is 210 g/mol. The van der Waals surface area contributed by atoms with Gasteiger partial charge >= 0.3 is 0 Å². The maximum atomic E-state index is 12.8. The lowest BCUT2D eigenvalue weighted by Crippen LogP contribution is -2.02. The van der Waals surface area contributed by atoms with Gasteiger partial charge in [0.2, 0.25) is 5.50 Å². The lowest BCUT2D eigenvalue weighted by atomic mass is 10.2. The Kier molecular flexibility index (Phi) is 1.69. The minimum absolute atomic E-state index is 0.444. The van der Waals surface area contributed by atoms with E-state index < -0.39 is 44.3 Å². The lowest BCUT2D eigenvalue weighted by Gasteiger charge is -1.94. The fraction of sp³-hybridized carbons (Fsp3) is 0.143. The molecule has 70 valence electrons. The number of hydrogen-bond acceptors (Lipinski definition) is 1. The van der Waals surface area contributed by atoms with Crippen LogP contribution in [-0.2, 0) is 10.8 Å². The molecule has 2 rings (SSSR count). The molecule has 2 aliphatic rings. The van der Waals surface area contributed by atoms with E-state index in [1.807, 2.05) is 0 Å². The summed E-state index contributed by atoms with van der Waals surface area (Å²) in [6.45, 7) is 0. The molecule has 0 saturated heterocycles. The number of rotatable bonds is 0. The summed E-state index contributed by atoms with van der Waals surface area (Å²) in [6, 6.07) is 0. The van der Waals surface area contributed by atoms with Gasteiger partial charge in [-0.05, 0) is 6.08 Å². The van der Waals surface area contributed by atoms with Gasteiger partial charge in [-0.15, -0.1) is 0 Å². The third-order valence-corrected chi connectivity index (χ3v) is 3.11. The number of hydrogen-bond donors (Lipinski definition) is 0. The van der Waals surface area contributed by atoms with Gasteiger partial charge in [-0.2, -0.15) is 0 Å². The Morgan fingerprint density at radius 2 is 1.92 bits per heavy atom. The number of allylic oxidation sites excluding steroid dienone is 4. The summed E-state index contributed by atoms with van der Waals surface area (Å²) in [5.74, 6) is -4.27. The largest absolute Gasteiger partial charge is 0.251 e. The number of fused-ring (bicyclic) bond motifs is 1. The molecule has 6 heteroatoms. The summed E-state index contributed by atoms with van der Waals surface area (Å²) < 4.78 is 61.5. The van der Waals surface area contributed by atoms with Gasteiger partial charge in [-0.1, -0.05) is 0 Å². The van der Waals surface area contributed by atoms with Crippen LogP contribution in [0.4, 0.5) is 17.6 Å². The predicted molar refractivity (Wildman–Crippen MR) is 38.5 cm³/mol. The molecule has 0 N–H and O–H groups in total. The molecule has 0 aromatic rings. The van der Waals surface area contributed by atoms with Crippen LogP contribution in [0.15, 0.2) is 34.0 Å². The van der Waals surface area contributed by atoms with Gasteiger partial charge < -0.3 is 0 Å². The Bertz CT molecular complexity index is 407. The second kappa shape index (κ2) is 2.54. The SMILES string of the molecule is O=S1C2=CC(F)=C(F)C2=C(F)C1F. The molecule has 1 nitrogen and oxygen atoms in total. The van der Waals surface area contributed by atoms with Crippen molar-refractivity contribution in [2.75, 3.05) is 0 Å². The minimum atomic E-state index is -2.36. The van der Waals surface area contributed by atoms with Crippen LogP contribution in [0.5, 0.6) is 0 Å². The highest BCUT2D eigenvalue weighted by Crippen LogP contribution is 2.45. The molecule has 1 aliphatic carbocycles. The Balaban J connectivity index is 2.64. The van der Waals surface area contributed by atoms with Crippen LogP contribution in [0, 0.1) is 0 Å². The maximum Gasteiger partial charge on any atom is 0.230 e. The van der Waals surface area contributed by atoms with E-state index >= 15 is 0 Å². The van der Waals surface area contributed by atoms with Gasteiger partial charge in [0.15, 0.2) is 17.5 Å². The molecule has 0 radical (unpaired) electrons. The second-order valence-electron chi connectivity index (χ2n) is 2.51. The van der Waals surface area contributed by atoms with Crippen molar-refractivity contribution < 1.29 is 21.8 Å². The second-order valence-corrected chi connectivity index (χ2v) is 3.96. The fourth-order valence-electron chi connectivity index (χ4n) is 1.18. The standard InChI is InChI=1S/C7H2F4OS/c8-2-1-3-4(5(2)9)6(10)7(11)13(3)12/h1,7H. The third-order valence-electron chi connectivity index (χ3n) is 1.78. The normalized spacial score (nSPS) is 32.8. The van der Waals surface area contributed by atoms with Gasteiger partial charge in [0.05, 0.1) is 21.3 Å². The Labute approximate surface area is 72.9 Å². The summed E-state index contributed by atoms with van der Waals surface area (Å²) in [6.07, 6.45) is 0.555. The molecular weight excluding hydrogens is 208 g/mol. The van der Waals surface area contributed by atoms with Crippen LogP contribution in [0.25, 0.3) is 0 Å². The number of halogens is 4. The molecule has 0 bridgehead atoms. The molecule has 0 amide bonds. The van der Waals surface area contributed by atoms with Crippen molar-refractivity contribution >= 4 is 10.8 Å².